The van der Waals surface area contributed by atoms with E-state index in [0.717, 1.165) is 16.9 Å². The van der Waals surface area contributed by atoms with E-state index >= 15 is 0 Å². The summed E-state index contributed by atoms with van der Waals surface area (Å²) in [5.41, 5.74) is 2.14. The van der Waals surface area contributed by atoms with Gasteiger partial charge in [-0.25, -0.2) is 9.37 Å². The summed E-state index contributed by atoms with van der Waals surface area (Å²) >= 11 is 0. The third kappa shape index (κ3) is 1.28. The number of benzene rings is 1. The summed E-state index contributed by atoms with van der Waals surface area (Å²) in [4.78, 5) is 7.84. The highest BCUT2D eigenvalue weighted by Crippen LogP contribution is 2.73. The second kappa shape index (κ2) is 2.89. The van der Waals surface area contributed by atoms with Crippen molar-refractivity contribution in [2.75, 3.05) is 0 Å². The summed E-state index contributed by atoms with van der Waals surface area (Å²) in [5, 5.41) is 0. The largest absolute Gasteiger partial charge is 0.342 e. The van der Waals surface area contributed by atoms with Crippen molar-refractivity contribution in [1.82, 2.24) is 9.97 Å². The lowest BCUT2D eigenvalue weighted by atomic mass is 10.0. The molecule has 0 saturated heterocycles. The molecular formula is C14H17FN2. The Labute approximate surface area is 100 Å². The van der Waals surface area contributed by atoms with Gasteiger partial charge in [-0.1, -0.05) is 27.7 Å². The quantitative estimate of drug-likeness (QED) is 0.794. The first-order valence-corrected chi connectivity index (χ1v) is 5.99. The Morgan fingerprint density at radius 3 is 2.41 bits per heavy atom. The lowest BCUT2D eigenvalue weighted by Gasteiger charge is -2.03. The van der Waals surface area contributed by atoms with E-state index in [1.165, 1.54) is 12.1 Å². The fourth-order valence-corrected chi connectivity index (χ4v) is 3.02. The van der Waals surface area contributed by atoms with Crippen molar-refractivity contribution < 1.29 is 4.39 Å². The molecule has 3 rings (SSSR count). The van der Waals surface area contributed by atoms with Crippen molar-refractivity contribution in [3.05, 3.63) is 29.8 Å². The molecule has 0 radical (unpaired) electrons. The number of H-pyrrole nitrogens is 1. The van der Waals surface area contributed by atoms with E-state index in [9.17, 15) is 4.39 Å². The van der Waals surface area contributed by atoms with Gasteiger partial charge in [0.1, 0.15) is 11.6 Å². The van der Waals surface area contributed by atoms with E-state index in [-0.39, 0.29) is 16.6 Å². The minimum absolute atomic E-state index is 0.220. The first-order chi connectivity index (χ1) is 7.84. The Balaban J connectivity index is 2.09. The van der Waals surface area contributed by atoms with Gasteiger partial charge in [-0.15, -0.1) is 0 Å². The molecule has 0 aliphatic heterocycles. The average Bonchev–Trinajstić information content (AvgIpc) is 2.56. The van der Waals surface area contributed by atoms with Crippen molar-refractivity contribution in [2.45, 2.75) is 33.6 Å². The van der Waals surface area contributed by atoms with Crippen LogP contribution in [0.1, 0.15) is 39.4 Å². The van der Waals surface area contributed by atoms with Crippen molar-refractivity contribution in [3.63, 3.8) is 0 Å². The Bertz CT molecular complexity index is 581. The molecule has 1 aromatic heterocycles. The third-order valence-electron chi connectivity index (χ3n) is 4.76. The van der Waals surface area contributed by atoms with Crippen LogP contribution in [0.2, 0.25) is 0 Å². The molecule has 3 heteroatoms. The van der Waals surface area contributed by atoms with Gasteiger partial charge in [-0.3, -0.25) is 0 Å². The Kier molecular flexibility index (Phi) is 1.83. The van der Waals surface area contributed by atoms with Crippen LogP contribution >= 0.6 is 0 Å². The molecule has 0 amide bonds. The first-order valence-electron chi connectivity index (χ1n) is 5.99. The third-order valence-corrected chi connectivity index (χ3v) is 4.76. The number of fused-ring (bicyclic) bond motifs is 1. The lowest BCUT2D eigenvalue weighted by molar-refractivity contribution is 0.457. The smallest absolute Gasteiger partial charge is 0.125 e. The van der Waals surface area contributed by atoms with Gasteiger partial charge in [-0.2, -0.15) is 0 Å². The Morgan fingerprint density at radius 1 is 1.18 bits per heavy atom. The SMILES string of the molecule is CC1(C)C(c2nc3ccc(F)cc3[nH]2)C1(C)C. The highest BCUT2D eigenvalue weighted by molar-refractivity contribution is 5.75. The van der Waals surface area contributed by atoms with E-state index in [2.05, 4.69) is 37.7 Å². The predicted octanol–water partition coefficient (Wildman–Crippen LogP) is 3.85. The zero-order chi connectivity index (χ0) is 12.4. The molecule has 1 fully saturated rings. The van der Waals surface area contributed by atoms with Crippen LogP contribution in [0.3, 0.4) is 0 Å². The van der Waals surface area contributed by atoms with E-state index < -0.39 is 0 Å². The van der Waals surface area contributed by atoms with Crippen molar-refractivity contribution >= 4 is 11.0 Å². The van der Waals surface area contributed by atoms with Crippen molar-refractivity contribution in [3.8, 4) is 0 Å². The van der Waals surface area contributed by atoms with Gasteiger partial charge in [0.2, 0.25) is 0 Å². The van der Waals surface area contributed by atoms with Crippen molar-refractivity contribution in [1.29, 1.82) is 0 Å². The number of nitrogens with one attached hydrogen (secondary N) is 1. The second-order valence-electron chi connectivity index (χ2n) is 6.16. The highest BCUT2D eigenvalue weighted by atomic mass is 19.1. The topological polar surface area (TPSA) is 28.7 Å². The van der Waals surface area contributed by atoms with Crippen LogP contribution in [-0.2, 0) is 0 Å². The summed E-state index contributed by atoms with van der Waals surface area (Å²) in [6.45, 7) is 9.02. The molecular weight excluding hydrogens is 215 g/mol. The zero-order valence-electron chi connectivity index (χ0n) is 10.6. The van der Waals surface area contributed by atoms with Gasteiger partial charge >= 0.3 is 0 Å². The number of halogens is 1. The fourth-order valence-electron chi connectivity index (χ4n) is 3.02. The minimum Gasteiger partial charge on any atom is -0.342 e. The summed E-state index contributed by atoms with van der Waals surface area (Å²) in [6, 6.07) is 4.69. The number of imidazole rings is 1. The molecule has 1 aliphatic rings. The lowest BCUT2D eigenvalue weighted by Crippen LogP contribution is -1.95. The molecule has 17 heavy (non-hydrogen) atoms. The zero-order valence-corrected chi connectivity index (χ0v) is 10.6. The summed E-state index contributed by atoms with van der Waals surface area (Å²) in [5.74, 6) is 1.19. The Morgan fingerprint density at radius 2 is 1.82 bits per heavy atom. The number of aromatic amines is 1. The van der Waals surface area contributed by atoms with E-state index in [0.29, 0.717) is 5.92 Å². The minimum atomic E-state index is -0.220. The molecule has 0 spiro atoms. The van der Waals surface area contributed by atoms with Gasteiger partial charge in [0.15, 0.2) is 0 Å². The molecule has 1 aromatic carbocycles. The van der Waals surface area contributed by atoms with Crippen LogP contribution in [0.15, 0.2) is 18.2 Å². The highest BCUT2D eigenvalue weighted by Gasteiger charge is 2.66. The van der Waals surface area contributed by atoms with E-state index in [4.69, 9.17) is 0 Å². The maximum absolute atomic E-state index is 13.1. The second-order valence-corrected chi connectivity index (χ2v) is 6.16. The maximum atomic E-state index is 13.1. The standard InChI is InChI=1S/C14H17FN2/c1-13(2)11(14(13,3)4)12-16-9-6-5-8(15)7-10(9)17-12/h5-7,11H,1-4H3,(H,16,17). The normalized spacial score (nSPS) is 21.9. The number of hydrogen-bond donors (Lipinski definition) is 1. The van der Waals surface area contributed by atoms with Crippen LogP contribution in [-0.4, -0.2) is 9.97 Å². The molecule has 1 heterocycles. The van der Waals surface area contributed by atoms with Gasteiger partial charge in [-0.05, 0) is 29.0 Å². The molecule has 90 valence electrons. The van der Waals surface area contributed by atoms with Gasteiger partial charge in [0.05, 0.1) is 11.0 Å². The van der Waals surface area contributed by atoms with Crippen LogP contribution < -0.4 is 0 Å². The molecule has 1 saturated carbocycles. The number of rotatable bonds is 1. The van der Waals surface area contributed by atoms with Gasteiger partial charge in [0.25, 0.3) is 0 Å². The number of hydrogen-bond acceptors (Lipinski definition) is 1. The summed E-state index contributed by atoms with van der Waals surface area (Å²) in [7, 11) is 0. The van der Waals surface area contributed by atoms with E-state index in [1.807, 2.05) is 0 Å². The molecule has 2 aromatic rings. The molecule has 2 nitrogen and oxygen atoms in total. The summed E-state index contributed by atoms with van der Waals surface area (Å²) in [6.07, 6.45) is 0. The van der Waals surface area contributed by atoms with Crippen LogP contribution in [0.5, 0.6) is 0 Å². The predicted molar refractivity (Wildman–Crippen MR) is 66.4 cm³/mol. The Hall–Kier alpha value is -1.38. The van der Waals surface area contributed by atoms with Gasteiger partial charge in [0, 0.05) is 5.92 Å². The fraction of sp³-hybridized carbons (Fsp3) is 0.500. The molecule has 1 N–H and O–H groups in total. The first kappa shape index (κ1) is 10.8. The van der Waals surface area contributed by atoms with Crippen molar-refractivity contribution in [2.24, 2.45) is 10.8 Å². The number of nitrogens with zero attached hydrogens (tertiary/aromatic N) is 1. The summed E-state index contributed by atoms with van der Waals surface area (Å²) < 4.78 is 13.1. The molecule has 1 aliphatic carbocycles. The van der Waals surface area contributed by atoms with Gasteiger partial charge < -0.3 is 4.98 Å². The molecule has 0 bridgehead atoms. The number of aromatic nitrogens is 2. The molecule has 0 atom stereocenters. The average molecular weight is 232 g/mol. The maximum Gasteiger partial charge on any atom is 0.125 e. The molecule has 0 unspecified atom stereocenters. The van der Waals surface area contributed by atoms with E-state index in [1.54, 1.807) is 6.07 Å². The van der Waals surface area contributed by atoms with Crippen LogP contribution in [0.25, 0.3) is 11.0 Å². The van der Waals surface area contributed by atoms with Crippen LogP contribution in [0.4, 0.5) is 4.39 Å². The van der Waals surface area contributed by atoms with Crippen LogP contribution in [0, 0.1) is 16.6 Å². The monoisotopic (exact) mass is 232 g/mol.